The first-order chi connectivity index (χ1) is 14.2. The van der Waals surface area contributed by atoms with Gasteiger partial charge in [0.25, 0.3) is 0 Å². The van der Waals surface area contributed by atoms with Gasteiger partial charge in [-0.15, -0.1) is 0 Å². The molecule has 1 aliphatic rings. The molecule has 5 heteroatoms. The second kappa shape index (κ2) is 10.1. The highest BCUT2D eigenvalue weighted by Gasteiger charge is 2.19. The summed E-state index contributed by atoms with van der Waals surface area (Å²) in [6.45, 7) is 5.72. The zero-order valence-corrected chi connectivity index (χ0v) is 17.5. The first kappa shape index (κ1) is 20.9. The van der Waals surface area contributed by atoms with Crippen LogP contribution >= 0.6 is 0 Å². The Morgan fingerprint density at radius 2 is 1.86 bits per heavy atom. The minimum atomic E-state index is -0.0470. The number of quaternary nitrogens is 1. The summed E-state index contributed by atoms with van der Waals surface area (Å²) < 4.78 is 16.6. The third-order valence-electron chi connectivity index (χ3n) is 5.24. The molecule has 0 saturated carbocycles. The number of ketones is 1. The fraction of sp³-hybridized carbons (Fsp3) is 0.375. The normalized spacial score (nSPS) is 14.3. The average molecular weight is 397 g/mol. The van der Waals surface area contributed by atoms with Gasteiger partial charge in [-0.25, -0.2) is 0 Å². The van der Waals surface area contributed by atoms with E-state index in [1.54, 1.807) is 31.3 Å². The van der Waals surface area contributed by atoms with E-state index in [4.69, 9.17) is 14.2 Å². The lowest BCUT2D eigenvalue weighted by Gasteiger charge is -2.15. The molecule has 1 saturated heterocycles. The van der Waals surface area contributed by atoms with Gasteiger partial charge < -0.3 is 19.1 Å². The summed E-state index contributed by atoms with van der Waals surface area (Å²) in [5.41, 5.74) is 2.55. The Labute approximate surface area is 172 Å². The summed E-state index contributed by atoms with van der Waals surface area (Å²) in [5, 5.41) is 0. The summed E-state index contributed by atoms with van der Waals surface area (Å²) >= 11 is 0. The van der Waals surface area contributed by atoms with Crippen molar-refractivity contribution in [2.45, 2.75) is 26.3 Å². The van der Waals surface area contributed by atoms with Gasteiger partial charge in [-0.3, -0.25) is 4.79 Å². The van der Waals surface area contributed by atoms with Crippen molar-refractivity contribution in [2.75, 3.05) is 33.9 Å². The predicted molar refractivity (Wildman–Crippen MR) is 114 cm³/mol. The number of para-hydroxylation sites is 1. The van der Waals surface area contributed by atoms with Crippen LogP contribution in [-0.2, 0) is 6.54 Å². The van der Waals surface area contributed by atoms with Crippen molar-refractivity contribution in [3.63, 3.8) is 0 Å². The molecule has 0 amide bonds. The second-order valence-corrected chi connectivity index (χ2v) is 7.17. The van der Waals surface area contributed by atoms with E-state index in [9.17, 15) is 4.79 Å². The van der Waals surface area contributed by atoms with Gasteiger partial charge in [0.15, 0.2) is 17.3 Å². The van der Waals surface area contributed by atoms with Gasteiger partial charge in [-0.2, -0.15) is 0 Å². The van der Waals surface area contributed by atoms with Crippen LogP contribution in [0.5, 0.6) is 17.2 Å². The summed E-state index contributed by atoms with van der Waals surface area (Å²) in [7, 11) is 3.28. The quantitative estimate of drug-likeness (QED) is 0.523. The number of hydrogen-bond acceptors (Lipinski definition) is 4. The van der Waals surface area contributed by atoms with Crippen LogP contribution in [0.4, 0.5) is 0 Å². The van der Waals surface area contributed by atoms with E-state index in [2.05, 4.69) is 0 Å². The number of methoxy groups -OCH3 is 2. The minimum Gasteiger partial charge on any atom is -0.496 e. The highest BCUT2D eigenvalue weighted by molar-refractivity contribution is 6.07. The van der Waals surface area contributed by atoms with Crippen LogP contribution in [0.3, 0.4) is 0 Å². The molecular weight excluding hydrogens is 366 g/mol. The summed E-state index contributed by atoms with van der Waals surface area (Å²) in [5.74, 6) is 2.10. The molecule has 1 heterocycles. The molecule has 2 aromatic carbocycles. The van der Waals surface area contributed by atoms with Crippen molar-refractivity contribution in [3.8, 4) is 17.2 Å². The molecule has 0 radical (unpaired) electrons. The predicted octanol–water partition coefficient (Wildman–Crippen LogP) is 3.18. The van der Waals surface area contributed by atoms with Gasteiger partial charge in [-0.1, -0.05) is 12.1 Å². The molecule has 0 aliphatic carbocycles. The number of carbonyl (C=O) groups excluding carboxylic acids is 1. The van der Waals surface area contributed by atoms with Crippen LogP contribution in [0.15, 0.2) is 42.5 Å². The Hall–Kier alpha value is -2.79. The van der Waals surface area contributed by atoms with Crippen molar-refractivity contribution in [1.29, 1.82) is 0 Å². The minimum absolute atomic E-state index is 0.0470. The molecule has 0 aromatic heterocycles. The molecule has 1 aliphatic heterocycles. The number of ether oxygens (including phenoxy) is 3. The van der Waals surface area contributed by atoms with Gasteiger partial charge in [0.1, 0.15) is 12.3 Å². The molecule has 1 N–H and O–H groups in total. The van der Waals surface area contributed by atoms with Crippen molar-refractivity contribution in [2.24, 2.45) is 0 Å². The molecule has 1 fully saturated rings. The molecule has 0 atom stereocenters. The van der Waals surface area contributed by atoms with E-state index < -0.39 is 0 Å². The van der Waals surface area contributed by atoms with E-state index in [0.29, 0.717) is 23.7 Å². The number of nitrogens with one attached hydrogen (secondary N) is 1. The second-order valence-electron chi connectivity index (χ2n) is 7.17. The van der Waals surface area contributed by atoms with Gasteiger partial charge in [0.2, 0.25) is 0 Å². The lowest BCUT2D eigenvalue weighted by molar-refractivity contribution is -0.901. The summed E-state index contributed by atoms with van der Waals surface area (Å²) in [6.07, 6.45) is 5.89. The van der Waals surface area contributed by atoms with Crippen LogP contribution in [0, 0.1) is 0 Å². The van der Waals surface area contributed by atoms with E-state index in [-0.39, 0.29) is 5.78 Å². The molecule has 2 aromatic rings. The van der Waals surface area contributed by atoms with Crippen LogP contribution in [0.2, 0.25) is 0 Å². The highest BCUT2D eigenvalue weighted by Crippen LogP contribution is 2.32. The third-order valence-corrected chi connectivity index (χ3v) is 5.24. The average Bonchev–Trinajstić information content (AvgIpc) is 3.25. The van der Waals surface area contributed by atoms with E-state index in [1.165, 1.54) is 25.9 Å². The van der Waals surface area contributed by atoms with Crippen LogP contribution in [0.25, 0.3) is 6.08 Å². The van der Waals surface area contributed by atoms with E-state index in [1.807, 2.05) is 43.3 Å². The summed E-state index contributed by atoms with van der Waals surface area (Å²) in [4.78, 5) is 14.4. The van der Waals surface area contributed by atoms with Gasteiger partial charge in [-0.05, 0) is 43.3 Å². The lowest BCUT2D eigenvalue weighted by atomic mass is 10.0. The number of hydrogen-bond donors (Lipinski definition) is 1. The zero-order valence-electron chi connectivity index (χ0n) is 17.5. The van der Waals surface area contributed by atoms with Gasteiger partial charge >= 0.3 is 0 Å². The Bertz CT molecular complexity index is 869. The van der Waals surface area contributed by atoms with Crippen molar-refractivity contribution < 1.29 is 23.9 Å². The van der Waals surface area contributed by atoms with Gasteiger partial charge in [0.05, 0.1) is 33.9 Å². The molecule has 3 rings (SSSR count). The van der Waals surface area contributed by atoms with Crippen LogP contribution < -0.4 is 19.1 Å². The van der Waals surface area contributed by atoms with Crippen molar-refractivity contribution in [1.82, 2.24) is 0 Å². The standard InChI is InChI=1S/C24H29NO4/c1-4-29-23-9-7-8-18(24(23)28-3)10-12-21(26)19-11-13-22(27-2)20(16-19)17-25-14-5-6-15-25/h7-13,16H,4-6,14-15,17H2,1-3H3/p+1/b12-10+. The number of benzene rings is 2. The maximum Gasteiger partial charge on any atom is 0.185 e. The maximum atomic E-state index is 12.8. The number of likely N-dealkylation sites (tertiary alicyclic amines) is 1. The SMILES string of the molecule is CCOc1cccc(/C=C/C(=O)c2ccc(OC)c(C[NH+]3CCCC3)c2)c1OC. The molecule has 154 valence electrons. The van der Waals surface area contributed by atoms with Crippen LogP contribution in [-0.4, -0.2) is 39.7 Å². The Morgan fingerprint density at radius 1 is 1.07 bits per heavy atom. The lowest BCUT2D eigenvalue weighted by Crippen LogP contribution is -3.08. The molecule has 29 heavy (non-hydrogen) atoms. The smallest absolute Gasteiger partial charge is 0.185 e. The maximum absolute atomic E-state index is 12.8. The Balaban J connectivity index is 1.81. The molecule has 5 nitrogen and oxygen atoms in total. The third kappa shape index (κ3) is 5.18. The summed E-state index contributed by atoms with van der Waals surface area (Å²) in [6, 6.07) is 11.3. The Kier molecular flexibility index (Phi) is 7.30. The molecule has 0 bridgehead atoms. The van der Waals surface area contributed by atoms with E-state index >= 15 is 0 Å². The Morgan fingerprint density at radius 3 is 2.55 bits per heavy atom. The zero-order chi connectivity index (χ0) is 20.6. The number of allylic oxidation sites excluding steroid dienone is 1. The first-order valence-corrected chi connectivity index (χ1v) is 10.2. The van der Waals surface area contributed by atoms with Crippen molar-refractivity contribution >= 4 is 11.9 Å². The van der Waals surface area contributed by atoms with Gasteiger partial charge in [0, 0.05) is 29.5 Å². The monoisotopic (exact) mass is 396 g/mol. The number of rotatable bonds is 9. The first-order valence-electron chi connectivity index (χ1n) is 10.2. The molecule has 0 unspecified atom stereocenters. The topological polar surface area (TPSA) is 49.2 Å². The highest BCUT2D eigenvalue weighted by atomic mass is 16.5. The van der Waals surface area contributed by atoms with Crippen LogP contribution in [0.1, 0.15) is 41.3 Å². The molecular formula is C24H30NO4+. The largest absolute Gasteiger partial charge is 0.496 e. The van der Waals surface area contributed by atoms with Crippen molar-refractivity contribution in [3.05, 3.63) is 59.2 Å². The fourth-order valence-electron chi connectivity index (χ4n) is 3.80. The number of carbonyl (C=O) groups is 1. The van der Waals surface area contributed by atoms with E-state index in [0.717, 1.165) is 23.4 Å². The molecule has 0 spiro atoms. The fourth-order valence-corrected chi connectivity index (χ4v) is 3.80.